The molecule has 1 spiro atoms. The number of nitrogens with one attached hydrogen (secondary N) is 1. The van der Waals surface area contributed by atoms with Crippen LogP contribution in [0.25, 0.3) is 11.3 Å². The number of hydrogen-bond donors (Lipinski definition) is 2. The quantitative estimate of drug-likeness (QED) is 0.365. The zero-order valence-electron chi connectivity index (χ0n) is 24.0. The summed E-state index contributed by atoms with van der Waals surface area (Å²) in [4.78, 5) is 22.7. The van der Waals surface area contributed by atoms with Crippen LogP contribution >= 0.6 is 0 Å². The van der Waals surface area contributed by atoms with Gasteiger partial charge in [0.1, 0.15) is 0 Å². The van der Waals surface area contributed by atoms with Gasteiger partial charge in [-0.3, -0.25) is 14.7 Å². The molecule has 0 saturated carbocycles. The highest BCUT2D eigenvalue weighted by Gasteiger charge is 2.43. The summed E-state index contributed by atoms with van der Waals surface area (Å²) < 4.78 is 33.3. The summed E-state index contributed by atoms with van der Waals surface area (Å²) in [5, 5.41) is 10.5. The Hall–Kier alpha value is -3.63. The molecule has 224 valence electrons. The van der Waals surface area contributed by atoms with Crippen molar-refractivity contribution in [2.24, 2.45) is 0 Å². The Balaban J connectivity index is 0.00000113. The van der Waals surface area contributed by atoms with E-state index in [2.05, 4.69) is 32.2 Å². The van der Waals surface area contributed by atoms with Gasteiger partial charge in [-0.2, -0.15) is 0 Å². The normalized spacial score (nSPS) is 19.7. The van der Waals surface area contributed by atoms with Crippen molar-refractivity contribution in [1.29, 1.82) is 0 Å². The number of piperidine rings is 1. The van der Waals surface area contributed by atoms with Gasteiger partial charge in [-0.15, -0.1) is 0 Å². The molecule has 5 heterocycles. The van der Waals surface area contributed by atoms with Crippen LogP contribution in [0.3, 0.4) is 0 Å². The smallest absolute Gasteiger partial charge is 0.290 e. The average Bonchev–Trinajstić information content (AvgIpc) is 3.51. The lowest BCUT2D eigenvalue weighted by Gasteiger charge is -2.49. The number of anilines is 1. The maximum Gasteiger partial charge on any atom is 0.290 e. The molecule has 3 aliphatic rings. The number of alkyl halides is 2. The van der Waals surface area contributed by atoms with Gasteiger partial charge >= 0.3 is 0 Å². The first-order valence-electron chi connectivity index (χ1n) is 14.7. The minimum Gasteiger partial charge on any atom is -0.483 e. The van der Waals surface area contributed by atoms with Crippen LogP contribution in [0.5, 0.6) is 5.88 Å². The van der Waals surface area contributed by atoms with Crippen LogP contribution in [0.1, 0.15) is 55.9 Å². The Kier molecular flexibility index (Phi) is 9.64. The number of carboxylic acid groups (broad SMARTS) is 1. The largest absolute Gasteiger partial charge is 0.483 e. The number of nitrogens with zero attached hydrogens (tertiary/aromatic N) is 4. The first-order chi connectivity index (χ1) is 20.5. The minimum atomic E-state index is -2.47. The SMILES string of the molecule is CCOc1ncccc1-c1ccc2c(n1)CN(C[C@H]1CCCN1)CC21CCN(c2ccccc2C(F)F)CC1.O=CO. The summed E-state index contributed by atoms with van der Waals surface area (Å²) in [5.41, 5.74) is 4.95. The minimum absolute atomic E-state index is 0.0499. The van der Waals surface area contributed by atoms with E-state index in [9.17, 15) is 8.78 Å². The lowest BCUT2D eigenvalue weighted by atomic mass is 9.69. The fraction of sp³-hybridized carbons (Fsp3) is 0.469. The topological polar surface area (TPSA) is 90.8 Å². The maximum absolute atomic E-state index is 13.8. The third-order valence-electron chi connectivity index (χ3n) is 8.65. The molecular formula is C32H39F2N5O3. The summed E-state index contributed by atoms with van der Waals surface area (Å²) >= 11 is 0. The number of fused-ring (bicyclic) bond motifs is 2. The Bertz CT molecular complexity index is 1340. The van der Waals surface area contributed by atoms with Crippen LogP contribution in [0.2, 0.25) is 0 Å². The second kappa shape index (κ2) is 13.6. The lowest BCUT2D eigenvalue weighted by molar-refractivity contribution is -0.122. The summed E-state index contributed by atoms with van der Waals surface area (Å²) in [6.07, 6.45) is 3.52. The van der Waals surface area contributed by atoms with E-state index in [0.717, 1.165) is 69.1 Å². The number of rotatable bonds is 7. The van der Waals surface area contributed by atoms with Crippen molar-refractivity contribution in [1.82, 2.24) is 20.2 Å². The first-order valence-corrected chi connectivity index (χ1v) is 14.7. The number of carbonyl (C=O) groups is 1. The van der Waals surface area contributed by atoms with Crippen LogP contribution in [-0.2, 0) is 16.8 Å². The predicted octanol–water partition coefficient (Wildman–Crippen LogP) is 5.29. The van der Waals surface area contributed by atoms with E-state index in [4.69, 9.17) is 19.6 Å². The van der Waals surface area contributed by atoms with E-state index >= 15 is 0 Å². The summed E-state index contributed by atoms with van der Waals surface area (Å²) in [7, 11) is 0. The lowest BCUT2D eigenvalue weighted by Crippen LogP contribution is -2.54. The Morgan fingerprint density at radius 1 is 1.17 bits per heavy atom. The number of para-hydroxylation sites is 1. The molecule has 0 bridgehead atoms. The maximum atomic E-state index is 13.8. The van der Waals surface area contributed by atoms with Gasteiger partial charge in [-0.1, -0.05) is 24.3 Å². The van der Waals surface area contributed by atoms with Gasteiger partial charge in [0, 0.05) is 61.6 Å². The number of aromatic nitrogens is 2. The van der Waals surface area contributed by atoms with Crippen LogP contribution in [0.4, 0.5) is 14.5 Å². The third kappa shape index (κ3) is 6.39. The Morgan fingerprint density at radius 2 is 1.95 bits per heavy atom. The molecular weight excluding hydrogens is 540 g/mol. The number of ether oxygens (including phenoxy) is 1. The molecule has 0 unspecified atom stereocenters. The first kappa shape index (κ1) is 29.8. The van der Waals surface area contributed by atoms with Crippen LogP contribution in [0, 0.1) is 0 Å². The standard InChI is InChI=1S/C31H37F2N5O.CH2O2/c1-2-39-30-23(9-6-16-35-30)26-12-11-25-27(36-26)20-37(19-22-7-5-15-34-22)21-31(25)13-17-38(18-14-31)28-10-4-3-8-24(28)29(32)33;2-1-3/h3-4,6,8-12,16,22,29,34H,2,5,7,13-15,17-21H2,1H3;1H,(H,2,3)/t22-;/m1./s1. The van der Waals surface area contributed by atoms with Crippen molar-refractivity contribution in [3.63, 3.8) is 0 Å². The zero-order valence-corrected chi connectivity index (χ0v) is 24.0. The highest BCUT2D eigenvalue weighted by Crippen LogP contribution is 2.44. The van der Waals surface area contributed by atoms with Crippen molar-refractivity contribution < 1.29 is 23.4 Å². The molecule has 2 saturated heterocycles. The average molecular weight is 580 g/mol. The van der Waals surface area contributed by atoms with Crippen molar-refractivity contribution >= 4 is 12.2 Å². The van der Waals surface area contributed by atoms with Crippen molar-refractivity contribution in [2.75, 3.05) is 44.2 Å². The molecule has 2 fully saturated rings. The van der Waals surface area contributed by atoms with Gasteiger partial charge in [-0.25, -0.2) is 13.8 Å². The predicted molar refractivity (Wildman–Crippen MR) is 158 cm³/mol. The summed E-state index contributed by atoms with van der Waals surface area (Å²) in [6, 6.07) is 15.8. The number of halogens is 2. The fourth-order valence-electron chi connectivity index (χ4n) is 6.79. The van der Waals surface area contributed by atoms with Crippen molar-refractivity contribution in [3.8, 4) is 17.1 Å². The molecule has 2 N–H and O–H groups in total. The van der Waals surface area contributed by atoms with E-state index in [1.54, 1.807) is 18.3 Å². The second-order valence-electron chi connectivity index (χ2n) is 11.2. The van der Waals surface area contributed by atoms with E-state index in [-0.39, 0.29) is 17.5 Å². The molecule has 3 aromatic rings. The van der Waals surface area contributed by atoms with E-state index in [1.807, 2.05) is 31.2 Å². The molecule has 1 atom stereocenters. The van der Waals surface area contributed by atoms with Gasteiger partial charge in [-0.05, 0) is 69.0 Å². The Morgan fingerprint density at radius 3 is 2.67 bits per heavy atom. The molecule has 6 rings (SSSR count). The van der Waals surface area contributed by atoms with E-state index in [0.29, 0.717) is 24.2 Å². The second-order valence-corrected chi connectivity index (χ2v) is 11.2. The number of hydrogen-bond acceptors (Lipinski definition) is 7. The van der Waals surface area contributed by atoms with Crippen LogP contribution < -0.4 is 15.0 Å². The Labute approximate surface area is 245 Å². The molecule has 0 radical (unpaired) electrons. The molecule has 2 aromatic heterocycles. The van der Waals surface area contributed by atoms with Gasteiger partial charge in [0.15, 0.2) is 0 Å². The van der Waals surface area contributed by atoms with E-state index in [1.165, 1.54) is 18.4 Å². The highest BCUT2D eigenvalue weighted by molar-refractivity contribution is 5.65. The van der Waals surface area contributed by atoms with Crippen molar-refractivity contribution in [2.45, 2.75) is 57.0 Å². The molecule has 8 nitrogen and oxygen atoms in total. The van der Waals surface area contributed by atoms with E-state index < -0.39 is 6.43 Å². The van der Waals surface area contributed by atoms with Crippen LogP contribution in [0.15, 0.2) is 54.7 Å². The fourth-order valence-corrected chi connectivity index (χ4v) is 6.79. The third-order valence-corrected chi connectivity index (χ3v) is 8.65. The molecule has 42 heavy (non-hydrogen) atoms. The number of benzene rings is 1. The highest BCUT2D eigenvalue weighted by atomic mass is 19.3. The summed E-state index contributed by atoms with van der Waals surface area (Å²) in [5.74, 6) is 0.607. The molecule has 1 aromatic carbocycles. The molecule has 0 aliphatic carbocycles. The van der Waals surface area contributed by atoms with Gasteiger partial charge in [0.2, 0.25) is 5.88 Å². The molecule has 3 aliphatic heterocycles. The zero-order chi connectivity index (χ0) is 29.5. The monoisotopic (exact) mass is 579 g/mol. The summed E-state index contributed by atoms with van der Waals surface area (Å²) in [6.45, 7) is 7.63. The van der Waals surface area contributed by atoms with Gasteiger partial charge in [0.05, 0.1) is 23.6 Å². The molecule has 0 amide bonds. The van der Waals surface area contributed by atoms with Gasteiger partial charge < -0.3 is 20.1 Å². The molecule has 10 heteroatoms. The van der Waals surface area contributed by atoms with Crippen LogP contribution in [-0.4, -0.2) is 71.8 Å². The van der Waals surface area contributed by atoms with Crippen molar-refractivity contribution in [3.05, 3.63) is 71.5 Å². The number of pyridine rings is 2. The van der Waals surface area contributed by atoms with Gasteiger partial charge in [0.25, 0.3) is 12.9 Å².